The first-order valence-electron chi connectivity index (χ1n) is 4.67. The Bertz CT molecular complexity index is 354. The molecular weight excluding hydrogens is 198 g/mol. The van der Waals surface area contributed by atoms with Gasteiger partial charge in [0.1, 0.15) is 5.88 Å². The van der Waals surface area contributed by atoms with Crippen molar-refractivity contribution in [3.63, 3.8) is 0 Å². The summed E-state index contributed by atoms with van der Waals surface area (Å²) in [6, 6.07) is 8.08. The molecule has 4 heteroatoms. The van der Waals surface area contributed by atoms with Crippen LogP contribution in [-0.2, 0) is 17.5 Å². The second-order valence-corrected chi connectivity index (χ2v) is 4.35. The highest BCUT2D eigenvalue weighted by Gasteiger charge is 2.16. The van der Waals surface area contributed by atoms with E-state index in [9.17, 15) is 4.21 Å². The van der Waals surface area contributed by atoms with E-state index in [1.54, 1.807) is 0 Å². The minimum Gasteiger partial charge on any atom is -0.357 e. The van der Waals surface area contributed by atoms with Gasteiger partial charge < -0.3 is 9.45 Å². The Morgan fingerprint density at radius 2 is 2.21 bits per heavy atom. The lowest BCUT2D eigenvalue weighted by atomic mass is 10.0. The molecule has 1 unspecified atom stereocenters. The molecule has 1 aliphatic heterocycles. The smallest absolute Gasteiger partial charge is 0.173 e. The van der Waals surface area contributed by atoms with Crippen LogP contribution < -0.4 is 4.90 Å². The zero-order valence-corrected chi connectivity index (χ0v) is 8.67. The predicted octanol–water partition coefficient (Wildman–Crippen LogP) is 1.62. The standard InChI is InChI=1S/C10H13NO2S/c12-14(13)8-11-7-3-5-9-4-1-2-6-10(9)11/h1-2,4,6H,3,5,7-8H2,(H,12,13). The van der Waals surface area contributed by atoms with Crippen LogP contribution >= 0.6 is 0 Å². The molecule has 1 heterocycles. The van der Waals surface area contributed by atoms with Crippen LogP contribution in [0.5, 0.6) is 0 Å². The van der Waals surface area contributed by atoms with Crippen molar-refractivity contribution in [2.75, 3.05) is 17.3 Å². The van der Waals surface area contributed by atoms with E-state index < -0.39 is 11.1 Å². The number of para-hydroxylation sites is 1. The molecule has 0 amide bonds. The Balaban J connectivity index is 2.26. The summed E-state index contributed by atoms with van der Waals surface area (Å²) in [7, 11) is 0. The number of benzene rings is 1. The van der Waals surface area contributed by atoms with Gasteiger partial charge in [0.15, 0.2) is 11.1 Å². The Hall–Kier alpha value is -0.870. The van der Waals surface area contributed by atoms with Crippen LogP contribution in [0.3, 0.4) is 0 Å². The lowest BCUT2D eigenvalue weighted by Crippen LogP contribution is -2.32. The van der Waals surface area contributed by atoms with E-state index in [0.717, 1.165) is 25.1 Å². The maximum atomic E-state index is 10.7. The molecule has 0 radical (unpaired) electrons. The fourth-order valence-electron chi connectivity index (χ4n) is 1.88. The second kappa shape index (κ2) is 4.11. The van der Waals surface area contributed by atoms with E-state index in [1.807, 2.05) is 23.1 Å². The number of aryl methyl sites for hydroxylation is 1. The lowest BCUT2D eigenvalue weighted by Gasteiger charge is -2.29. The van der Waals surface area contributed by atoms with E-state index in [4.69, 9.17) is 4.55 Å². The monoisotopic (exact) mass is 211 g/mol. The molecule has 0 fully saturated rings. The van der Waals surface area contributed by atoms with Gasteiger partial charge in [-0.1, -0.05) is 18.2 Å². The van der Waals surface area contributed by atoms with Crippen molar-refractivity contribution in [3.8, 4) is 0 Å². The van der Waals surface area contributed by atoms with Crippen LogP contribution in [-0.4, -0.2) is 21.2 Å². The second-order valence-electron chi connectivity index (χ2n) is 3.45. The number of nitrogens with zero attached hydrogens (tertiary/aromatic N) is 1. The third-order valence-electron chi connectivity index (χ3n) is 2.47. The molecule has 0 aliphatic carbocycles. The van der Waals surface area contributed by atoms with E-state index in [-0.39, 0.29) is 5.88 Å². The first-order chi connectivity index (χ1) is 6.77. The summed E-state index contributed by atoms with van der Waals surface area (Å²) in [6.45, 7) is 0.878. The van der Waals surface area contributed by atoms with Crippen LogP contribution in [0.4, 0.5) is 5.69 Å². The summed E-state index contributed by atoms with van der Waals surface area (Å²) in [6.07, 6.45) is 2.14. The van der Waals surface area contributed by atoms with Crippen molar-refractivity contribution in [1.29, 1.82) is 0 Å². The quantitative estimate of drug-likeness (QED) is 0.756. The SMILES string of the molecule is O=S(O)CN1CCCc2ccccc21. The molecule has 1 atom stereocenters. The van der Waals surface area contributed by atoms with Crippen LogP contribution in [0.15, 0.2) is 24.3 Å². The number of fused-ring (bicyclic) bond motifs is 1. The molecule has 0 saturated heterocycles. The van der Waals surface area contributed by atoms with Crippen LogP contribution in [0, 0.1) is 0 Å². The van der Waals surface area contributed by atoms with E-state index in [0.29, 0.717) is 0 Å². The Kier molecular flexibility index (Phi) is 2.84. The highest BCUT2D eigenvalue weighted by atomic mass is 32.2. The number of hydrogen-bond donors (Lipinski definition) is 1. The highest BCUT2D eigenvalue weighted by Crippen LogP contribution is 2.26. The Morgan fingerprint density at radius 3 is 3.00 bits per heavy atom. The molecule has 0 saturated carbocycles. The zero-order valence-electron chi connectivity index (χ0n) is 7.85. The largest absolute Gasteiger partial charge is 0.357 e. The lowest BCUT2D eigenvalue weighted by molar-refractivity contribution is 0.559. The van der Waals surface area contributed by atoms with Gasteiger partial charge in [-0.3, -0.25) is 0 Å². The summed E-state index contributed by atoms with van der Waals surface area (Å²) in [4.78, 5) is 1.98. The molecule has 0 spiro atoms. The average Bonchev–Trinajstić information content (AvgIpc) is 2.18. The number of rotatable bonds is 2. The van der Waals surface area contributed by atoms with Gasteiger partial charge in [-0.05, 0) is 24.5 Å². The van der Waals surface area contributed by atoms with Crippen LogP contribution in [0.1, 0.15) is 12.0 Å². The predicted molar refractivity (Wildman–Crippen MR) is 57.7 cm³/mol. The summed E-state index contributed by atoms with van der Waals surface area (Å²) >= 11 is -1.74. The topological polar surface area (TPSA) is 40.5 Å². The molecule has 1 N–H and O–H groups in total. The van der Waals surface area contributed by atoms with Crippen molar-refractivity contribution in [1.82, 2.24) is 0 Å². The fraction of sp³-hybridized carbons (Fsp3) is 0.400. The molecule has 0 bridgehead atoms. The van der Waals surface area contributed by atoms with Crippen LogP contribution in [0.25, 0.3) is 0 Å². The normalized spacial score (nSPS) is 17.6. The molecule has 1 aromatic rings. The van der Waals surface area contributed by atoms with Gasteiger partial charge in [0.25, 0.3) is 0 Å². The van der Waals surface area contributed by atoms with Gasteiger partial charge >= 0.3 is 0 Å². The van der Waals surface area contributed by atoms with Gasteiger partial charge in [-0.2, -0.15) is 0 Å². The first-order valence-corrected chi connectivity index (χ1v) is 5.95. The molecule has 2 rings (SSSR count). The minimum absolute atomic E-state index is 0.219. The number of hydrogen-bond acceptors (Lipinski definition) is 2. The van der Waals surface area contributed by atoms with E-state index in [1.165, 1.54) is 5.56 Å². The minimum atomic E-state index is -1.74. The van der Waals surface area contributed by atoms with Crippen molar-refractivity contribution < 1.29 is 8.76 Å². The van der Waals surface area contributed by atoms with Crippen molar-refractivity contribution in [2.45, 2.75) is 12.8 Å². The molecular formula is C10H13NO2S. The molecule has 1 aliphatic rings. The van der Waals surface area contributed by atoms with Gasteiger partial charge in [-0.15, -0.1) is 0 Å². The van der Waals surface area contributed by atoms with Crippen molar-refractivity contribution in [3.05, 3.63) is 29.8 Å². The van der Waals surface area contributed by atoms with Crippen molar-refractivity contribution in [2.24, 2.45) is 0 Å². The van der Waals surface area contributed by atoms with Gasteiger partial charge in [0.2, 0.25) is 0 Å². The van der Waals surface area contributed by atoms with Gasteiger partial charge in [0.05, 0.1) is 0 Å². The maximum absolute atomic E-state index is 10.7. The Labute approximate surface area is 86.0 Å². The summed E-state index contributed by atoms with van der Waals surface area (Å²) in [5.74, 6) is 0.219. The molecule has 3 nitrogen and oxygen atoms in total. The van der Waals surface area contributed by atoms with Gasteiger partial charge in [0, 0.05) is 12.2 Å². The molecule has 76 valence electrons. The number of anilines is 1. The zero-order chi connectivity index (χ0) is 9.97. The molecule has 1 aromatic carbocycles. The summed E-state index contributed by atoms with van der Waals surface area (Å²) in [5, 5.41) is 0. The summed E-state index contributed by atoms with van der Waals surface area (Å²) in [5.41, 5.74) is 2.39. The first kappa shape index (κ1) is 9.68. The third kappa shape index (κ3) is 1.96. The average molecular weight is 211 g/mol. The van der Waals surface area contributed by atoms with E-state index in [2.05, 4.69) is 6.07 Å². The maximum Gasteiger partial charge on any atom is 0.173 e. The van der Waals surface area contributed by atoms with E-state index >= 15 is 0 Å². The highest BCUT2D eigenvalue weighted by molar-refractivity contribution is 7.79. The Morgan fingerprint density at radius 1 is 1.43 bits per heavy atom. The van der Waals surface area contributed by atoms with Crippen LogP contribution in [0.2, 0.25) is 0 Å². The van der Waals surface area contributed by atoms with Crippen molar-refractivity contribution >= 4 is 16.8 Å². The van der Waals surface area contributed by atoms with Gasteiger partial charge in [-0.25, -0.2) is 4.21 Å². The summed E-state index contributed by atoms with van der Waals surface area (Å²) < 4.78 is 19.6. The third-order valence-corrected chi connectivity index (χ3v) is 3.01. The fourth-order valence-corrected chi connectivity index (χ4v) is 2.41. The molecule has 0 aromatic heterocycles. The molecule has 14 heavy (non-hydrogen) atoms.